The number of nitrogens with two attached hydrogens (primary N) is 1. The van der Waals surface area contributed by atoms with E-state index in [-0.39, 0.29) is 0 Å². The van der Waals surface area contributed by atoms with Crippen LogP contribution in [-0.2, 0) is 6.18 Å². The lowest BCUT2D eigenvalue weighted by atomic mass is 10.1. The molecule has 0 aromatic carbocycles. The zero-order valence-electron chi connectivity index (χ0n) is 11.0. The maximum absolute atomic E-state index is 12.4. The summed E-state index contributed by atoms with van der Waals surface area (Å²) >= 11 is 0. The first-order valence-electron chi connectivity index (χ1n) is 5.66. The Kier molecular flexibility index (Phi) is 4.61. The molecule has 0 aliphatic rings. The van der Waals surface area contributed by atoms with Crippen molar-refractivity contribution < 1.29 is 36.2 Å². The van der Waals surface area contributed by atoms with Gasteiger partial charge in [0.05, 0.1) is 17.8 Å². The van der Waals surface area contributed by atoms with E-state index in [0.29, 0.717) is 19.2 Å². The molecule has 0 radical (unpaired) electrons. The fourth-order valence-electron chi connectivity index (χ4n) is 1.26. The number of nitrogens with zero attached hydrogens (tertiary/aromatic N) is 1. The molecule has 1 rings (SSSR count). The van der Waals surface area contributed by atoms with E-state index in [1.807, 2.05) is 0 Å². The van der Waals surface area contributed by atoms with Crippen LogP contribution in [0.4, 0.5) is 32.0 Å². The van der Waals surface area contributed by atoms with Crippen LogP contribution in [0.25, 0.3) is 0 Å². The Balaban J connectivity index is 2.88. The van der Waals surface area contributed by atoms with Crippen LogP contribution in [0.3, 0.4) is 0 Å². The largest absolute Gasteiger partial charge is 0.418 e. The van der Waals surface area contributed by atoms with Crippen molar-refractivity contribution in [2.45, 2.75) is 24.9 Å². The third kappa shape index (κ3) is 4.00. The Morgan fingerprint density at radius 1 is 1.32 bits per heavy atom. The normalized spacial score (nSPS) is 15.3. The summed E-state index contributed by atoms with van der Waals surface area (Å²) in [6.07, 6.45) is -9.40. The number of nitrogen functional groups attached to an aromatic ring is 1. The van der Waals surface area contributed by atoms with Gasteiger partial charge in [-0.3, -0.25) is 4.79 Å². The van der Waals surface area contributed by atoms with Crippen molar-refractivity contribution in [3.63, 3.8) is 0 Å². The first kappa shape index (κ1) is 18.0. The molecule has 0 fully saturated rings. The van der Waals surface area contributed by atoms with Gasteiger partial charge in [0.25, 0.3) is 5.91 Å². The van der Waals surface area contributed by atoms with E-state index in [9.17, 15) is 31.1 Å². The molecule has 0 bridgehead atoms. The van der Waals surface area contributed by atoms with E-state index in [4.69, 9.17) is 10.8 Å². The number of nitrogens with one attached hydrogen (secondary N) is 1. The smallest absolute Gasteiger partial charge is 0.397 e. The summed E-state index contributed by atoms with van der Waals surface area (Å²) in [6, 6.07) is 0.434. The Bertz CT molecular complexity index is 568. The van der Waals surface area contributed by atoms with Gasteiger partial charge in [0.1, 0.15) is 0 Å². The standard InChI is InChI=1S/C11H11F6N3O2/c1-9(22,11(15,16)17)4-20-8(21)7-6(18)2-5(3-19-7)10(12,13)14/h2-3,22H,4,18H2,1H3,(H,20,21). The number of amides is 1. The van der Waals surface area contributed by atoms with Gasteiger partial charge in [0, 0.05) is 6.20 Å². The number of halogens is 6. The second-order valence-electron chi connectivity index (χ2n) is 4.61. The van der Waals surface area contributed by atoms with Crippen molar-refractivity contribution in [2.24, 2.45) is 0 Å². The van der Waals surface area contributed by atoms with Gasteiger partial charge in [-0.1, -0.05) is 0 Å². The van der Waals surface area contributed by atoms with Crippen LogP contribution in [0.1, 0.15) is 23.0 Å². The third-order valence-corrected chi connectivity index (χ3v) is 2.66. The number of aliphatic hydroxyl groups is 1. The van der Waals surface area contributed by atoms with Gasteiger partial charge in [-0.2, -0.15) is 26.3 Å². The first-order chi connectivity index (χ1) is 9.75. The highest BCUT2D eigenvalue weighted by molar-refractivity contribution is 5.97. The summed E-state index contributed by atoms with van der Waals surface area (Å²) in [6.45, 7) is -0.783. The van der Waals surface area contributed by atoms with Crippen LogP contribution in [0.15, 0.2) is 12.3 Å². The van der Waals surface area contributed by atoms with Crippen LogP contribution < -0.4 is 11.1 Å². The predicted molar refractivity (Wildman–Crippen MR) is 62.7 cm³/mol. The molecule has 0 saturated heterocycles. The van der Waals surface area contributed by atoms with Crippen molar-refractivity contribution in [1.29, 1.82) is 0 Å². The van der Waals surface area contributed by atoms with Crippen molar-refractivity contribution in [3.05, 3.63) is 23.5 Å². The molecule has 1 aromatic heterocycles. The molecule has 0 aliphatic heterocycles. The number of hydrogen-bond donors (Lipinski definition) is 3. The lowest BCUT2D eigenvalue weighted by Gasteiger charge is -2.26. The quantitative estimate of drug-likeness (QED) is 0.736. The molecule has 1 atom stereocenters. The lowest BCUT2D eigenvalue weighted by Crippen LogP contribution is -2.51. The summed E-state index contributed by atoms with van der Waals surface area (Å²) in [7, 11) is 0. The zero-order chi connectivity index (χ0) is 17.3. The van der Waals surface area contributed by atoms with Gasteiger partial charge in [0.2, 0.25) is 0 Å². The Morgan fingerprint density at radius 3 is 2.27 bits per heavy atom. The van der Waals surface area contributed by atoms with E-state index >= 15 is 0 Å². The molecule has 1 aromatic rings. The molecule has 11 heteroatoms. The second kappa shape index (κ2) is 5.63. The summed E-state index contributed by atoms with van der Waals surface area (Å²) < 4.78 is 74.3. The van der Waals surface area contributed by atoms with Gasteiger partial charge in [0.15, 0.2) is 11.3 Å². The topological polar surface area (TPSA) is 88.2 Å². The average Bonchev–Trinajstić information content (AvgIpc) is 2.33. The minimum Gasteiger partial charge on any atom is -0.397 e. The molecule has 22 heavy (non-hydrogen) atoms. The molecular weight excluding hydrogens is 320 g/mol. The predicted octanol–water partition coefficient (Wildman–Crippen LogP) is 1.73. The minimum atomic E-state index is -5.00. The Labute approximate surface area is 120 Å². The maximum atomic E-state index is 12.4. The molecule has 1 heterocycles. The molecule has 0 saturated carbocycles. The van der Waals surface area contributed by atoms with Crippen LogP contribution in [-0.4, -0.2) is 34.3 Å². The monoisotopic (exact) mass is 331 g/mol. The third-order valence-electron chi connectivity index (χ3n) is 2.66. The number of carbonyl (C=O) groups excluding carboxylic acids is 1. The molecule has 5 nitrogen and oxygen atoms in total. The van der Waals surface area contributed by atoms with Gasteiger partial charge >= 0.3 is 12.4 Å². The SMILES string of the molecule is CC(O)(CNC(=O)c1ncc(C(F)(F)F)cc1N)C(F)(F)F. The summed E-state index contributed by atoms with van der Waals surface area (Å²) in [5.74, 6) is -1.24. The van der Waals surface area contributed by atoms with Crippen molar-refractivity contribution in [3.8, 4) is 0 Å². The molecule has 0 aliphatic carbocycles. The van der Waals surface area contributed by atoms with E-state index < -0.39 is 47.4 Å². The van der Waals surface area contributed by atoms with E-state index in [2.05, 4.69) is 4.98 Å². The highest BCUT2D eigenvalue weighted by atomic mass is 19.4. The number of alkyl halides is 6. The summed E-state index contributed by atoms with van der Waals surface area (Å²) in [4.78, 5) is 14.8. The molecule has 0 spiro atoms. The maximum Gasteiger partial charge on any atom is 0.418 e. The second-order valence-corrected chi connectivity index (χ2v) is 4.61. The number of hydrogen-bond acceptors (Lipinski definition) is 4. The van der Waals surface area contributed by atoms with E-state index in [1.165, 1.54) is 0 Å². The van der Waals surface area contributed by atoms with Crippen molar-refractivity contribution in [2.75, 3.05) is 12.3 Å². The molecular formula is C11H11F6N3O2. The highest BCUT2D eigenvalue weighted by Gasteiger charge is 2.50. The van der Waals surface area contributed by atoms with Crippen molar-refractivity contribution in [1.82, 2.24) is 10.3 Å². The highest BCUT2D eigenvalue weighted by Crippen LogP contribution is 2.31. The van der Waals surface area contributed by atoms with E-state index in [1.54, 1.807) is 5.32 Å². The number of rotatable bonds is 3. The average molecular weight is 331 g/mol. The van der Waals surface area contributed by atoms with Crippen LogP contribution in [0.2, 0.25) is 0 Å². The lowest BCUT2D eigenvalue weighted by molar-refractivity contribution is -0.249. The van der Waals surface area contributed by atoms with Gasteiger partial charge in [-0.15, -0.1) is 0 Å². The number of anilines is 1. The fourth-order valence-corrected chi connectivity index (χ4v) is 1.26. The van der Waals surface area contributed by atoms with Crippen molar-refractivity contribution >= 4 is 11.6 Å². The van der Waals surface area contributed by atoms with Crippen LogP contribution in [0.5, 0.6) is 0 Å². The minimum absolute atomic E-state index is 0.327. The zero-order valence-corrected chi connectivity index (χ0v) is 11.0. The summed E-state index contributed by atoms with van der Waals surface area (Å²) in [5.41, 5.74) is -0.503. The van der Waals surface area contributed by atoms with Gasteiger partial charge in [-0.25, -0.2) is 4.98 Å². The molecule has 1 unspecified atom stereocenters. The Morgan fingerprint density at radius 2 is 1.86 bits per heavy atom. The molecule has 4 N–H and O–H groups in total. The number of pyridine rings is 1. The molecule has 1 amide bonds. The van der Waals surface area contributed by atoms with Gasteiger partial charge < -0.3 is 16.2 Å². The van der Waals surface area contributed by atoms with Gasteiger partial charge in [-0.05, 0) is 13.0 Å². The molecule has 124 valence electrons. The first-order valence-corrected chi connectivity index (χ1v) is 5.66. The number of aromatic nitrogens is 1. The van der Waals surface area contributed by atoms with Crippen LogP contribution in [0, 0.1) is 0 Å². The Hall–Kier alpha value is -2.04. The van der Waals surface area contributed by atoms with Crippen LogP contribution >= 0.6 is 0 Å². The summed E-state index contributed by atoms with van der Waals surface area (Å²) in [5, 5.41) is 10.8. The van der Waals surface area contributed by atoms with E-state index in [0.717, 1.165) is 0 Å². The number of carbonyl (C=O) groups is 1. The fraction of sp³-hybridized carbons (Fsp3) is 0.455.